The molecular weight excluding hydrogens is 563 g/mol. The van der Waals surface area contributed by atoms with E-state index in [1.165, 1.54) is 34.9 Å². The molecule has 0 bridgehead atoms. The van der Waals surface area contributed by atoms with Gasteiger partial charge in [0.15, 0.2) is 11.0 Å². The summed E-state index contributed by atoms with van der Waals surface area (Å²) in [6, 6.07) is 18.0. The molecule has 2 heterocycles. The van der Waals surface area contributed by atoms with Crippen LogP contribution in [0.4, 0.5) is 18.9 Å². The number of hydrogen-bond acceptors (Lipinski definition) is 5. The second kappa shape index (κ2) is 11.9. The number of benzene rings is 3. The number of amides is 2. The summed E-state index contributed by atoms with van der Waals surface area (Å²) in [5.74, 6) is 0.455. The molecule has 1 fully saturated rings. The number of hydrogen-bond donors (Lipinski definition) is 0. The van der Waals surface area contributed by atoms with E-state index < -0.39 is 11.7 Å². The molecule has 4 aromatic rings. The summed E-state index contributed by atoms with van der Waals surface area (Å²) in [6.45, 7) is 6.15. The minimum Gasteiger partial charge on any atom is -0.273 e. The monoisotopic (exact) mass is 591 g/mol. The molecule has 1 saturated heterocycles. The van der Waals surface area contributed by atoms with Crippen LogP contribution in [0.15, 0.2) is 78.0 Å². The van der Waals surface area contributed by atoms with Crippen LogP contribution >= 0.6 is 11.8 Å². The van der Waals surface area contributed by atoms with Crippen molar-refractivity contribution in [2.45, 2.75) is 45.7 Å². The Morgan fingerprint density at radius 3 is 2.43 bits per heavy atom. The average Bonchev–Trinajstić information content (AvgIpc) is 3.59. The molecule has 42 heavy (non-hydrogen) atoms. The highest BCUT2D eigenvalue weighted by atomic mass is 32.2. The molecule has 216 valence electrons. The third-order valence-electron chi connectivity index (χ3n) is 6.82. The van der Waals surface area contributed by atoms with Gasteiger partial charge in [-0.25, -0.2) is 9.67 Å². The number of carbonyl (C=O) groups excluding carboxylic acids is 2. The highest BCUT2D eigenvalue weighted by Gasteiger charge is 2.32. The fourth-order valence-corrected chi connectivity index (χ4v) is 5.46. The van der Waals surface area contributed by atoms with Crippen LogP contribution < -0.4 is 4.90 Å². The molecule has 1 aliphatic heterocycles. The smallest absolute Gasteiger partial charge is 0.273 e. The van der Waals surface area contributed by atoms with Gasteiger partial charge in [0.2, 0.25) is 11.8 Å². The first-order valence-electron chi connectivity index (χ1n) is 13.4. The van der Waals surface area contributed by atoms with Crippen molar-refractivity contribution in [1.82, 2.24) is 14.8 Å². The Labute approximate surface area is 245 Å². The minimum atomic E-state index is -4.40. The molecule has 1 aromatic heterocycles. The Morgan fingerprint density at radius 2 is 1.76 bits per heavy atom. The fraction of sp³-hybridized carbons (Fsp3) is 0.258. The van der Waals surface area contributed by atoms with E-state index in [1.807, 2.05) is 43.3 Å². The summed E-state index contributed by atoms with van der Waals surface area (Å²) in [5, 5.41) is 4.79. The van der Waals surface area contributed by atoms with Crippen molar-refractivity contribution in [3.8, 4) is 17.1 Å². The molecule has 0 saturated carbocycles. The molecule has 0 N–H and O–H groups in total. The largest absolute Gasteiger partial charge is 0.416 e. The van der Waals surface area contributed by atoms with Gasteiger partial charge >= 0.3 is 6.18 Å². The van der Waals surface area contributed by atoms with Gasteiger partial charge in [-0.15, -0.1) is 5.10 Å². The van der Waals surface area contributed by atoms with Gasteiger partial charge in [-0.1, -0.05) is 67.6 Å². The van der Waals surface area contributed by atoms with E-state index in [0.29, 0.717) is 23.1 Å². The maximum atomic E-state index is 12.8. The van der Waals surface area contributed by atoms with E-state index in [1.54, 1.807) is 4.90 Å². The Morgan fingerprint density at radius 1 is 1.05 bits per heavy atom. The molecule has 0 unspecified atom stereocenters. The lowest BCUT2D eigenvalue weighted by Crippen LogP contribution is -2.31. The molecule has 1 aliphatic rings. The van der Waals surface area contributed by atoms with Crippen LogP contribution in [-0.4, -0.2) is 37.5 Å². The van der Waals surface area contributed by atoms with Crippen molar-refractivity contribution in [3.63, 3.8) is 0 Å². The number of thioether (sulfide) groups is 1. The van der Waals surface area contributed by atoms with Gasteiger partial charge in [0.25, 0.3) is 0 Å². The van der Waals surface area contributed by atoms with Crippen molar-refractivity contribution in [1.29, 1.82) is 0 Å². The quantitative estimate of drug-likeness (QED) is 0.232. The SMILES string of the molecule is Cc1ccc(N2C(=O)CSC2=NC(=O)CCc2ccc(-c3ncn(-c4ccc(C(F)(F)F)cc4)n3)cc2)c(C(C)C)c1. The normalized spacial score (nSPS) is 14.8. The number of carbonyl (C=O) groups is 2. The van der Waals surface area contributed by atoms with Crippen molar-refractivity contribution in [2.75, 3.05) is 10.7 Å². The predicted molar refractivity (Wildman–Crippen MR) is 158 cm³/mol. The molecular formula is C31H28F3N5O2S. The number of halogens is 3. The Bertz CT molecular complexity index is 1640. The van der Waals surface area contributed by atoms with Crippen LogP contribution in [-0.2, 0) is 22.2 Å². The second-order valence-electron chi connectivity index (χ2n) is 10.3. The maximum absolute atomic E-state index is 12.8. The van der Waals surface area contributed by atoms with Gasteiger partial charge in [-0.2, -0.15) is 18.2 Å². The number of aryl methyl sites for hydroxylation is 2. The van der Waals surface area contributed by atoms with Crippen LogP contribution in [0.1, 0.15) is 48.4 Å². The van der Waals surface area contributed by atoms with Crippen LogP contribution in [0, 0.1) is 6.92 Å². The Kier molecular flexibility index (Phi) is 8.31. The molecule has 5 rings (SSSR count). The number of amidine groups is 1. The molecule has 0 spiro atoms. The second-order valence-corrected chi connectivity index (χ2v) is 11.2. The van der Waals surface area contributed by atoms with Crippen LogP contribution in [0.3, 0.4) is 0 Å². The summed E-state index contributed by atoms with van der Waals surface area (Å²) < 4.78 is 39.9. The number of nitrogens with zero attached hydrogens (tertiary/aromatic N) is 5. The van der Waals surface area contributed by atoms with Gasteiger partial charge < -0.3 is 0 Å². The topological polar surface area (TPSA) is 80.5 Å². The predicted octanol–water partition coefficient (Wildman–Crippen LogP) is 6.98. The number of rotatable bonds is 7. The van der Waals surface area contributed by atoms with E-state index in [4.69, 9.17) is 0 Å². The first-order chi connectivity index (χ1) is 20.0. The van der Waals surface area contributed by atoms with Crippen molar-refractivity contribution < 1.29 is 22.8 Å². The summed E-state index contributed by atoms with van der Waals surface area (Å²) in [6.07, 6.45) is -2.32. The average molecular weight is 592 g/mol. The van der Waals surface area contributed by atoms with E-state index in [2.05, 4.69) is 35.0 Å². The number of aliphatic imine (C=N–C) groups is 1. The van der Waals surface area contributed by atoms with Gasteiger partial charge in [0.05, 0.1) is 22.7 Å². The van der Waals surface area contributed by atoms with Crippen molar-refractivity contribution >= 4 is 34.4 Å². The molecule has 7 nitrogen and oxygen atoms in total. The lowest BCUT2D eigenvalue weighted by molar-refractivity contribution is -0.137. The summed E-state index contributed by atoms with van der Waals surface area (Å²) in [7, 11) is 0. The van der Waals surface area contributed by atoms with E-state index in [-0.39, 0.29) is 29.9 Å². The Balaban J connectivity index is 1.23. The molecule has 0 radical (unpaired) electrons. The highest BCUT2D eigenvalue weighted by Crippen LogP contribution is 2.34. The van der Waals surface area contributed by atoms with E-state index in [9.17, 15) is 22.8 Å². The van der Waals surface area contributed by atoms with Crippen molar-refractivity contribution in [3.05, 3.63) is 95.3 Å². The van der Waals surface area contributed by atoms with Crippen LogP contribution in [0.2, 0.25) is 0 Å². The van der Waals surface area contributed by atoms with E-state index in [0.717, 1.165) is 40.1 Å². The van der Waals surface area contributed by atoms with Crippen molar-refractivity contribution in [2.24, 2.45) is 4.99 Å². The third-order valence-corrected chi connectivity index (χ3v) is 7.75. The maximum Gasteiger partial charge on any atom is 0.416 e. The molecule has 3 aromatic carbocycles. The zero-order valence-corrected chi connectivity index (χ0v) is 24.0. The summed E-state index contributed by atoms with van der Waals surface area (Å²) >= 11 is 1.27. The number of aromatic nitrogens is 3. The zero-order valence-electron chi connectivity index (χ0n) is 23.2. The first-order valence-corrected chi connectivity index (χ1v) is 14.3. The fourth-order valence-electron chi connectivity index (χ4n) is 4.58. The van der Waals surface area contributed by atoms with Crippen LogP contribution in [0.25, 0.3) is 17.1 Å². The first kappa shape index (κ1) is 29.2. The summed E-state index contributed by atoms with van der Waals surface area (Å²) in [5.41, 5.74) is 4.28. The Hall–Kier alpha value is -4.25. The lowest BCUT2D eigenvalue weighted by atomic mass is 9.98. The van der Waals surface area contributed by atoms with Gasteiger partial charge in [0.1, 0.15) is 6.33 Å². The minimum absolute atomic E-state index is 0.0951. The standard InChI is InChI=1S/C31H28F3N5O2S/c1-19(2)25-16-20(3)4-14-26(25)39-28(41)17-42-30(39)36-27(40)15-7-21-5-8-22(9-6-21)29-35-18-38(37-29)24-12-10-23(11-13-24)31(32,33)34/h4-6,8-14,16,18-19H,7,15,17H2,1-3H3. The molecule has 11 heteroatoms. The van der Waals surface area contributed by atoms with Crippen LogP contribution in [0.5, 0.6) is 0 Å². The van der Waals surface area contributed by atoms with Gasteiger partial charge in [0, 0.05) is 12.0 Å². The zero-order chi connectivity index (χ0) is 30.0. The molecule has 0 aliphatic carbocycles. The van der Waals surface area contributed by atoms with Gasteiger partial charge in [-0.3, -0.25) is 14.5 Å². The summed E-state index contributed by atoms with van der Waals surface area (Å²) in [4.78, 5) is 35.7. The lowest BCUT2D eigenvalue weighted by Gasteiger charge is -2.22. The number of alkyl halides is 3. The van der Waals surface area contributed by atoms with Gasteiger partial charge in [-0.05, 0) is 60.7 Å². The molecule has 0 atom stereocenters. The van der Waals surface area contributed by atoms with E-state index >= 15 is 0 Å². The number of anilines is 1. The third kappa shape index (κ3) is 6.46. The molecule has 2 amide bonds. The highest BCUT2D eigenvalue weighted by molar-refractivity contribution is 8.15.